The van der Waals surface area contributed by atoms with Crippen LogP contribution in [0.5, 0.6) is 0 Å². The molecule has 1 amide bonds. The topological polar surface area (TPSA) is 103 Å². The van der Waals surface area contributed by atoms with Gasteiger partial charge in [0.15, 0.2) is 0 Å². The molecule has 0 aromatic heterocycles. The number of carbonyl (C=O) groups is 1. The molecule has 134 valence electrons. The third-order valence-electron chi connectivity index (χ3n) is 3.80. The van der Waals surface area contributed by atoms with E-state index in [2.05, 4.69) is 0 Å². The molecule has 8 nitrogen and oxygen atoms in total. The van der Waals surface area contributed by atoms with Crippen molar-refractivity contribution in [2.45, 2.75) is 6.54 Å². The summed E-state index contributed by atoms with van der Waals surface area (Å²) in [5.74, 6) is -0.233. The minimum Gasteiger partial charge on any atom is -0.258 e. The Kier molecular flexibility index (Phi) is 5.58. The van der Waals surface area contributed by atoms with Crippen LogP contribution in [0, 0.1) is 20.2 Å². The molecule has 2 rings (SSSR count). The third kappa shape index (κ3) is 4.81. The molecule has 0 heterocycles. The first-order valence-electron chi connectivity index (χ1n) is 7.72. The number of non-ortho nitro benzene ring substituents is 2. The Morgan fingerprint density at radius 3 is 2.19 bits per heavy atom. The fraction of sp³-hybridized carbons (Fsp3) is 0.167. The number of amides is 1. The lowest BCUT2D eigenvalue weighted by atomic mass is 10.1. The van der Waals surface area contributed by atoms with Crippen molar-refractivity contribution in [1.29, 1.82) is 0 Å². The lowest BCUT2D eigenvalue weighted by Gasteiger charge is -2.25. The number of likely N-dealkylation sites (N-methyl/N-ethyl adjacent to an activating group) is 1. The van der Waals surface area contributed by atoms with Crippen LogP contribution in [0.2, 0.25) is 0 Å². The average Bonchev–Trinajstić information content (AvgIpc) is 2.59. The van der Waals surface area contributed by atoms with Crippen molar-refractivity contribution < 1.29 is 19.1 Å². The molecule has 0 aliphatic carbocycles. The molecule has 0 saturated carbocycles. The SMILES string of the molecule is C[N+](C)(Cc1cccc([N+](=O)[O-])c1)C(=O)/C=C/c1cccc([N+](=O)[O-])c1. The van der Waals surface area contributed by atoms with E-state index in [1.807, 2.05) is 0 Å². The highest BCUT2D eigenvalue weighted by Gasteiger charge is 2.25. The van der Waals surface area contributed by atoms with E-state index in [4.69, 9.17) is 0 Å². The Morgan fingerprint density at radius 1 is 1.00 bits per heavy atom. The van der Waals surface area contributed by atoms with Crippen molar-refractivity contribution in [3.05, 3.63) is 86.0 Å². The van der Waals surface area contributed by atoms with Crippen LogP contribution in [-0.2, 0) is 11.3 Å². The fourth-order valence-electron chi connectivity index (χ4n) is 2.41. The van der Waals surface area contributed by atoms with Gasteiger partial charge in [0.05, 0.1) is 23.9 Å². The highest BCUT2D eigenvalue weighted by molar-refractivity contribution is 5.86. The van der Waals surface area contributed by atoms with Gasteiger partial charge in [-0.1, -0.05) is 24.3 Å². The van der Waals surface area contributed by atoms with Crippen LogP contribution < -0.4 is 0 Å². The first kappa shape index (κ1) is 18.9. The highest BCUT2D eigenvalue weighted by Crippen LogP contribution is 2.18. The van der Waals surface area contributed by atoms with Gasteiger partial charge < -0.3 is 0 Å². The number of nitrogens with zero attached hydrogens (tertiary/aromatic N) is 3. The van der Waals surface area contributed by atoms with Gasteiger partial charge in [-0.25, -0.2) is 4.79 Å². The standard InChI is InChI=1S/C18H18N3O5/c1-21(2,13-15-6-4-8-17(12-15)20(25)26)18(22)10-9-14-5-3-7-16(11-14)19(23)24/h3-12H,13H2,1-2H3/q+1/b10-9+. The predicted molar refractivity (Wildman–Crippen MR) is 96.0 cm³/mol. The quantitative estimate of drug-likeness (QED) is 0.342. The number of hydrogen-bond acceptors (Lipinski definition) is 5. The number of hydrogen-bond donors (Lipinski definition) is 0. The summed E-state index contributed by atoms with van der Waals surface area (Å²) >= 11 is 0. The minimum absolute atomic E-state index is 0.0258. The lowest BCUT2D eigenvalue weighted by Crippen LogP contribution is -2.43. The van der Waals surface area contributed by atoms with E-state index in [0.717, 1.165) is 0 Å². The molecule has 0 aliphatic rings. The molecule has 0 aliphatic heterocycles. The summed E-state index contributed by atoms with van der Waals surface area (Å²) in [5.41, 5.74) is 1.14. The van der Waals surface area contributed by atoms with Crippen LogP contribution >= 0.6 is 0 Å². The van der Waals surface area contributed by atoms with E-state index in [0.29, 0.717) is 11.1 Å². The minimum atomic E-state index is -0.499. The maximum Gasteiger partial charge on any atom is 0.338 e. The fourth-order valence-corrected chi connectivity index (χ4v) is 2.41. The molecule has 0 spiro atoms. The zero-order valence-corrected chi connectivity index (χ0v) is 14.4. The normalized spacial score (nSPS) is 11.5. The van der Waals surface area contributed by atoms with Crippen LogP contribution in [0.25, 0.3) is 6.08 Å². The zero-order valence-electron chi connectivity index (χ0n) is 14.4. The summed E-state index contributed by atoms with van der Waals surface area (Å²) in [6.45, 7) is 0.278. The number of nitro groups is 2. The molecule has 0 unspecified atom stereocenters. The average molecular weight is 356 g/mol. The monoisotopic (exact) mass is 356 g/mol. The summed E-state index contributed by atoms with van der Waals surface area (Å²) in [6.07, 6.45) is 2.87. The Balaban J connectivity index is 2.14. The summed E-state index contributed by atoms with van der Waals surface area (Å²) < 4.78 is -0.0490. The molecule has 26 heavy (non-hydrogen) atoms. The predicted octanol–water partition coefficient (Wildman–Crippen LogP) is 3.32. The van der Waals surface area contributed by atoms with Crippen molar-refractivity contribution in [1.82, 2.24) is 0 Å². The van der Waals surface area contributed by atoms with Gasteiger partial charge >= 0.3 is 5.91 Å². The first-order chi connectivity index (χ1) is 12.2. The Bertz CT molecular complexity index is 890. The molecule has 0 atom stereocenters. The van der Waals surface area contributed by atoms with E-state index in [9.17, 15) is 25.0 Å². The van der Waals surface area contributed by atoms with Crippen molar-refractivity contribution >= 4 is 23.4 Å². The van der Waals surface area contributed by atoms with Crippen LogP contribution in [0.1, 0.15) is 11.1 Å². The van der Waals surface area contributed by atoms with Gasteiger partial charge in [0.2, 0.25) is 0 Å². The van der Waals surface area contributed by atoms with Gasteiger partial charge in [-0.2, -0.15) is 0 Å². The molecule has 0 saturated heterocycles. The summed E-state index contributed by atoms with van der Waals surface area (Å²) in [4.78, 5) is 33.2. The van der Waals surface area contributed by atoms with Crippen LogP contribution in [-0.4, -0.2) is 34.3 Å². The molecule has 2 aromatic rings. The van der Waals surface area contributed by atoms with Gasteiger partial charge in [0.25, 0.3) is 11.4 Å². The maximum atomic E-state index is 12.5. The number of quaternary nitrogens is 1. The third-order valence-corrected chi connectivity index (χ3v) is 3.80. The summed E-state index contributed by atoms with van der Waals surface area (Å²) in [6, 6.07) is 12.1. The van der Waals surface area contributed by atoms with Crippen molar-refractivity contribution in [2.75, 3.05) is 14.1 Å². The summed E-state index contributed by atoms with van der Waals surface area (Å²) in [5, 5.41) is 21.7. The maximum absolute atomic E-state index is 12.5. The van der Waals surface area contributed by atoms with Gasteiger partial charge in [-0.3, -0.25) is 24.7 Å². The Labute approximate surface area is 149 Å². The molecular weight excluding hydrogens is 338 g/mol. The molecule has 0 radical (unpaired) electrons. The number of benzene rings is 2. The second-order valence-electron chi connectivity index (χ2n) is 6.29. The van der Waals surface area contributed by atoms with Crippen molar-refractivity contribution in [2.24, 2.45) is 0 Å². The van der Waals surface area contributed by atoms with Gasteiger partial charge in [0, 0.05) is 35.9 Å². The van der Waals surface area contributed by atoms with Crippen LogP contribution in [0.3, 0.4) is 0 Å². The number of carbonyl (C=O) groups excluding carboxylic acids is 1. The number of rotatable bonds is 6. The van der Waals surface area contributed by atoms with E-state index < -0.39 is 9.85 Å². The van der Waals surface area contributed by atoms with E-state index in [1.54, 1.807) is 38.4 Å². The van der Waals surface area contributed by atoms with Crippen molar-refractivity contribution in [3.63, 3.8) is 0 Å². The number of nitro benzene ring substituents is 2. The molecule has 0 bridgehead atoms. The van der Waals surface area contributed by atoms with E-state index in [1.165, 1.54) is 36.4 Å². The van der Waals surface area contributed by atoms with Crippen molar-refractivity contribution in [3.8, 4) is 0 Å². The van der Waals surface area contributed by atoms with E-state index in [-0.39, 0.29) is 28.3 Å². The molecule has 2 aromatic carbocycles. The smallest absolute Gasteiger partial charge is 0.258 e. The molecule has 0 fully saturated rings. The van der Waals surface area contributed by atoms with Crippen LogP contribution in [0.4, 0.5) is 11.4 Å². The second kappa shape index (κ2) is 7.66. The lowest BCUT2D eigenvalue weighted by molar-refractivity contribution is -0.825. The Morgan fingerprint density at radius 2 is 1.58 bits per heavy atom. The highest BCUT2D eigenvalue weighted by atomic mass is 16.6. The largest absolute Gasteiger partial charge is 0.338 e. The van der Waals surface area contributed by atoms with Crippen LogP contribution in [0.15, 0.2) is 54.6 Å². The first-order valence-corrected chi connectivity index (χ1v) is 7.72. The molecular formula is C18H18N3O5+. The summed E-state index contributed by atoms with van der Waals surface area (Å²) in [7, 11) is 3.39. The second-order valence-corrected chi connectivity index (χ2v) is 6.29. The van der Waals surface area contributed by atoms with Gasteiger partial charge in [-0.05, 0) is 11.6 Å². The van der Waals surface area contributed by atoms with E-state index >= 15 is 0 Å². The molecule has 0 N–H and O–H groups in total. The zero-order chi connectivity index (χ0) is 19.3. The van der Waals surface area contributed by atoms with Gasteiger partial charge in [0.1, 0.15) is 6.54 Å². The Hall–Kier alpha value is -3.39. The van der Waals surface area contributed by atoms with Gasteiger partial charge in [-0.15, -0.1) is 0 Å². The molecule has 8 heteroatoms.